The van der Waals surface area contributed by atoms with E-state index in [9.17, 15) is 13.2 Å². The third kappa shape index (κ3) is 5.78. The highest BCUT2D eigenvalue weighted by atomic mass is 35.5. The van der Waals surface area contributed by atoms with E-state index < -0.39 is 10.0 Å². The van der Waals surface area contributed by atoms with Crippen LogP contribution in [-0.4, -0.2) is 39.3 Å². The van der Waals surface area contributed by atoms with Crippen molar-refractivity contribution in [1.29, 1.82) is 0 Å². The van der Waals surface area contributed by atoms with Gasteiger partial charge in [-0.3, -0.25) is 4.79 Å². The van der Waals surface area contributed by atoms with Crippen molar-refractivity contribution in [3.05, 3.63) is 87.9 Å². The molecule has 8 heteroatoms. The van der Waals surface area contributed by atoms with E-state index in [0.717, 1.165) is 11.1 Å². The molecule has 0 spiro atoms. The molecule has 0 aliphatic rings. The van der Waals surface area contributed by atoms with Gasteiger partial charge in [-0.2, -0.15) is 4.31 Å². The van der Waals surface area contributed by atoms with Gasteiger partial charge in [0.25, 0.3) is 0 Å². The van der Waals surface area contributed by atoms with Crippen molar-refractivity contribution in [2.45, 2.75) is 32.2 Å². The van der Waals surface area contributed by atoms with Crippen LogP contribution in [0, 0.1) is 20.8 Å². The Bertz CT molecular complexity index is 1270. The number of ether oxygens (including phenoxy) is 1. The molecule has 1 amide bonds. The van der Waals surface area contributed by atoms with Gasteiger partial charge >= 0.3 is 0 Å². The first kappa shape index (κ1) is 25.7. The number of carbonyl (C=O) groups is 1. The maximum absolute atomic E-state index is 13.9. The average Bonchev–Trinajstić information content (AvgIpc) is 2.78. The summed E-state index contributed by atoms with van der Waals surface area (Å²) < 4.78 is 34.2. The maximum atomic E-state index is 13.9. The van der Waals surface area contributed by atoms with Crippen LogP contribution in [0.25, 0.3) is 0 Å². The monoisotopic (exact) mass is 500 g/mol. The average molecular weight is 501 g/mol. The summed E-state index contributed by atoms with van der Waals surface area (Å²) in [6.07, 6.45) is 0. The summed E-state index contributed by atoms with van der Waals surface area (Å²) in [5, 5.41) is 0.553. The molecule has 3 aromatic rings. The van der Waals surface area contributed by atoms with E-state index >= 15 is 0 Å². The molecule has 0 aliphatic carbocycles. The lowest BCUT2D eigenvalue weighted by atomic mass is 10.1. The number of halogens is 1. The molecule has 0 saturated carbocycles. The van der Waals surface area contributed by atoms with Crippen LogP contribution in [0.3, 0.4) is 0 Å². The fraction of sp³-hybridized carbons (Fsp3) is 0.269. The number of benzene rings is 3. The zero-order chi connectivity index (χ0) is 25.0. The molecule has 0 aromatic heterocycles. The first-order valence-corrected chi connectivity index (χ1v) is 12.6. The Balaban J connectivity index is 2.00. The van der Waals surface area contributed by atoms with E-state index in [2.05, 4.69) is 0 Å². The van der Waals surface area contributed by atoms with Gasteiger partial charge in [0.05, 0.1) is 18.6 Å². The smallest absolute Gasteiger partial charge is 0.244 e. The number of likely N-dealkylation sites (N-methyl/N-ethyl adjacent to an activating group) is 1. The lowest BCUT2D eigenvalue weighted by Gasteiger charge is -2.26. The molecular formula is C26H29ClN2O4S. The molecule has 0 N–H and O–H groups in total. The lowest BCUT2D eigenvalue weighted by Crippen LogP contribution is -2.41. The van der Waals surface area contributed by atoms with Crippen molar-refractivity contribution in [3.8, 4) is 5.75 Å². The van der Waals surface area contributed by atoms with Crippen LogP contribution >= 0.6 is 11.6 Å². The molecular weight excluding hydrogens is 472 g/mol. The second-order valence-electron chi connectivity index (χ2n) is 8.28. The molecule has 0 heterocycles. The van der Waals surface area contributed by atoms with Crippen molar-refractivity contribution < 1.29 is 17.9 Å². The first-order chi connectivity index (χ1) is 16.0. The Kier molecular flexibility index (Phi) is 8.02. The van der Waals surface area contributed by atoms with E-state index in [4.69, 9.17) is 16.3 Å². The van der Waals surface area contributed by atoms with Crippen molar-refractivity contribution in [2.24, 2.45) is 0 Å². The van der Waals surface area contributed by atoms with Gasteiger partial charge < -0.3 is 9.64 Å². The predicted octanol–water partition coefficient (Wildman–Crippen LogP) is 5.13. The number of nitrogens with zero attached hydrogens (tertiary/aromatic N) is 2. The summed E-state index contributed by atoms with van der Waals surface area (Å²) >= 11 is 6.01. The van der Waals surface area contributed by atoms with Crippen LogP contribution in [0.4, 0.5) is 5.69 Å². The van der Waals surface area contributed by atoms with Crippen molar-refractivity contribution in [2.75, 3.05) is 25.6 Å². The lowest BCUT2D eigenvalue weighted by molar-refractivity contribution is -0.118. The highest BCUT2D eigenvalue weighted by Gasteiger charge is 2.31. The molecule has 6 nitrogen and oxygen atoms in total. The standard InChI is InChI=1S/C26H29ClN2O4S/c1-18-13-19(2)26(20(3)14-18)34(31,32)29(16-21-9-11-22(27)12-10-21)17-25(30)28(4)23-7-6-8-24(15-23)33-5/h6-15H,16-17H2,1-5H3. The zero-order valence-electron chi connectivity index (χ0n) is 20.0. The van der Waals surface area contributed by atoms with Gasteiger partial charge in [0.15, 0.2) is 0 Å². The predicted molar refractivity (Wildman–Crippen MR) is 136 cm³/mol. The molecule has 0 saturated heterocycles. The van der Waals surface area contributed by atoms with Gasteiger partial charge in [-0.25, -0.2) is 8.42 Å². The maximum Gasteiger partial charge on any atom is 0.244 e. The van der Waals surface area contributed by atoms with E-state index in [1.165, 1.54) is 9.21 Å². The fourth-order valence-corrected chi connectivity index (χ4v) is 5.86. The highest BCUT2D eigenvalue weighted by molar-refractivity contribution is 7.89. The number of rotatable bonds is 8. The molecule has 0 radical (unpaired) electrons. The summed E-state index contributed by atoms with van der Waals surface area (Å²) in [5.74, 6) is 0.238. The molecule has 180 valence electrons. The summed E-state index contributed by atoms with van der Waals surface area (Å²) in [6.45, 7) is 5.18. The van der Waals surface area contributed by atoms with Gasteiger partial charge in [0.2, 0.25) is 15.9 Å². The summed E-state index contributed by atoms with van der Waals surface area (Å²) in [5.41, 5.74) is 3.61. The van der Waals surface area contributed by atoms with Gasteiger partial charge in [-0.1, -0.05) is 47.5 Å². The number of carbonyl (C=O) groups excluding carboxylic acids is 1. The minimum Gasteiger partial charge on any atom is -0.497 e. The second kappa shape index (κ2) is 10.6. The number of aryl methyl sites for hydroxylation is 3. The largest absolute Gasteiger partial charge is 0.497 e. The molecule has 0 unspecified atom stereocenters. The number of hydrogen-bond donors (Lipinski definition) is 0. The summed E-state index contributed by atoms with van der Waals surface area (Å²) in [7, 11) is -0.816. The number of anilines is 1. The van der Waals surface area contributed by atoms with E-state index in [1.54, 1.807) is 76.5 Å². The van der Waals surface area contributed by atoms with Crippen LogP contribution in [0.5, 0.6) is 5.75 Å². The zero-order valence-corrected chi connectivity index (χ0v) is 21.6. The quantitative estimate of drug-likeness (QED) is 0.430. The van der Waals surface area contributed by atoms with E-state index in [0.29, 0.717) is 27.6 Å². The van der Waals surface area contributed by atoms with Gasteiger partial charge in [-0.15, -0.1) is 0 Å². The van der Waals surface area contributed by atoms with E-state index in [1.807, 2.05) is 19.1 Å². The number of methoxy groups -OCH3 is 1. The Morgan fingerprint density at radius 3 is 2.18 bits per heavy atom. The van der Waals surface area contributed by atoms with Crippen molar-refractivity contribution in [3.63, 3.8) is 0 Å². The Labute approximate surface area is 206 Å². The Morgan fingerprint density at radius 2 is 1.59 bits per heavy atom. The van der Waals surface area contributed by atoms with Crippen LogP contribution in [0.2, 0.25) is 5.02 Å². The molecule has 0 atom stereocenters. The molecule has 0 fully saturated rings. The molecule has 3 aromatic carbocycles. The Hall–Kier alpha value is -2.87. The topological polar surface area (TPSA) is 66.9 Å². The normalized spacial score (nSPS) is 11.5. The minimum absolute atomic E-state index is 0.0317. The summed E-state index contributed by atoms with van der Waals surface area (Å²) in [6, 6.07) is 17.7. The van der Waals surface area contributed by atoms with Gasteiger partial charge in [0, 0.05) is 30.4 Å². The van der Waals surface area contributed by atoms with Crippen LogP contribution in [0.1, 0.15) is 22.3 Å². The Morgan fingerprint density at radius 1 is 0.971 bits per heavy atom. The molecule has 3 rings (SSSR count). The number of sulfonamides is 1. The van der Waals surface area contributed by atoms with Crippen LogP contribution in [-0.2, 0) is 21.4 Å². The van der Waals surface area contributed by atoms with Crippen LogP contribution in [0.15, 0.2) is 65.6 Å². The van der Waals surface area contributed by atoms with Crippen molar-refractivity contribution in [1.82, 2.24) is 4.31 Å². The van der Waals surface area contributed by atoms with Crippen molar-refractivity contribution >= 4 is 33.2 Å². The second-order valence-corrected chi connectivity index (χ2v) is 10.6. The SMILES string of the molecule is COc1cccc(N(C)C(=O)CN(Cc2ccc(Cl)cc2)S(=O)(=O)c2c(C)cc(C)cc2C)c1. The third-order valence-electron chi connectivity index (χ3n) is 5.60. The van der Waals surface area contributed by atoms with Gasteiger partial charge in [-0.05, 0) is 61.7 Å². The number of hydrogen-bond acceptors (Lipinski definition) is 4. The third-order valence-corrected chi connectivity index (χ3v) is 7.95. The number of amides is 1. The minimum atomic E-state index is -3.98. The molecule has 0 aliphatic heterocycles. The van der Waals surface area contributed by atoms with Gasteiger partial charge in [0.1, 0.15) is 5.75 Å². The highest BCUT2D eigenvalue weighted by Crippen LogP contribution is 2.27. The van der Waals surface area contributed by atoms with Crippen LogP contribution < -0.4 is 9.64 Å². The molecule has 0 bridgehead atoms. The first-order valence-electron chi connectivity index (χ1n) is 10.8. The van der Waals surface area contributed by atoms with E-state index in [-0.39, 0.29) is 23.9 Å². The molecule has 34 heavy (non-hydrogen) atoms. The summed E-state index contributed by atoms with van der Waals surface area (Å²) in [4.78, 5) is 14.9. The fourth-order valence-electron chi connectivity index (χ4n) is 3.94.